The lowest BCUT2D eigenvalue weighted by atomic mass is 9.79. The molecular formula is C20H15BO2. The van der Waals surface area contributed by atoms with Crippen molar-refractivity contribution in [2.24, 2.45) is 0 Å². The van der Waals surface area contributed by atoms with Gasteiger partial charge in [0.25, 0.3) is 0 Å². The van der Waals surface area contributed by atoms with Crippen LogP contribution in [0.3, 0.4) is 0 Å². The Kier molecular flexibility index (Phi) is 1.39. The Bertz CT molecular complexity index is 1650. The average molecular weight is 311 g/mol. The second kappa shape index (κ2) is 5.54. The third kappa shape index (κ3) is 2.61. The Morgan fingerprint density at radius 2 is 1.13 bits per heavy atom. The van der Waals surface area contributed by atoms with Gasteiger partial charge < -0.3 is 10.0 Å². The first-order valence-electron chi connectivity index (χ1n) is 13.1. The van der Waals surface area contributed by atoms with Gasteiger partial charge in [-0.1, -0.05) is 66.5 Å². The van der Waals surface area contributed by atoms with Crippen LogP contribution in [-0.4, -0.2) is 17.2 Å². The van der Waals surface area contributed by atoms with Crippen molar-refractivity contribution in [1.82, 2.24) is 0 Å². The SMILES string of the molecule is [2H]c1c([2H])c([2H])c2c([2H])c(-c3c([2H])c([2H])c4c([2H])c(B(O)O)c([2H])c([2H])c4c3[2H])c([2H])c([2H])c2c1[2H]. The molecule has 0 aliphatic heterocycles. The van der Waals surface area contributed by atoms with Gasteiger partial charge in [-0.3, -0.25) is 0 Å². The number of rotatable bonds is 2. The molecule has 0 bridgehead atoms. The predicted octanol–water partition coefficient (Wildman–Crippen LogP) is 3.34. The van der Waals surface area contributed by atoms with Crippen LogP contribution in [-0.2, 0) is 0 Å². The molecule has 0 aromatic heterocycles. The zero-order chi connectivity index (χ0) is 27.1. The van der Waals surface area contributed by atoms with Crippen LogP contribution in [0.25, 0.3) is 32.7 Å². The summed E-state index contributed by atoms with van der Waals surface area (Å²) in [6, 6.07) is -9.35. The number of fused-ring (bicyclic) bond motifs is 2. The van der Waals surface area contributed by atoms with E-state index in [-0.39, 0.29) is 0 Å². The molecule has 0 saturated carbocycles. The summed E-state index contributed by atoms with van der Waals surface area (Å²) in [6.45, 7) is 0. The third-order valence-corrected chi connectivity index (χ3v) is 3.15. The average Bonchev–Trinajstić information content (AvgIpc) is 2.81. The standard InChI is InChI=1S/C20H15BO2/c22-21(23)20-10-9-18-12-17(7-8-19(18)13-20)16-6-5-14-3-1-2-4-15(14)11-16/h1-13,22-23H/i1D,2D,3D,4D,5D,6D,7D,8D,9D,10D,11D,12D,13D. The zero-order valence-corrected chi connectivity index (χ0v) is 11.5. The molecule has 4 aromatic rings. The van der Waals surface area contributed by atoms with Crippen molar-refractivity contribution in [3.8, 4) is 11.1 Å². The van der Waals surface area contributed by atoms with Crippen molar-refractivity contribution >= 4 is 34.1 Å². The Morgan fingerprint density at radius 1 is 0.609 bits per heavy atom. The van der Waals surface area contributed by atoms with Gasteiger partial charge in [0.1, 0.15) is 0 Å². The van der Waals surface area contributed by atoms with Crippen LogP contribution >= 0.6 is 0 Å². The molecule has 0 atom stereocenters. The fraction of sp³-hybridized carbons (Fsp3) is 0. The van der Waals surface area contributed by atoms with Gasteiger partial charge in [0.05, 0.1) is 17.8 Å². The summed E-state index contributed by atoms with van der Waals surface area (Å²) in [5.74, 6) is 0. The van der Waals surface area contributed by atoms with Crippen LogP contribution in [0, 0.1) is 0 Å². The van der Waals surface area contributed by atoms with Crippen LogP contribution < -0.4 is 5.46 Å². The first-order chi connectivity index (χ1) is 16.7. The number of benzene rings is 4. The summed E-state index contributed by atoms with van der Waals surface area (Å²) in [5, 5.41) is 17.4. The summed E-state index contributed by atoms with van der Waals surface area (Å²) >= 11 is 0. The number of hydrogen-bond acceptors (Lipinski definition) is 2. The molecule has 2 nitrogen and oxygen atoms in total. The van der Waals surface area contributed by atoms with Crippen LogP contribution in [0.4, 0.5) is 0 Å². The molecular weight excluding hydrogens is 283 g/mol. The van der Waals surface area contributed by atoms with Crippen molar-refractivity contribution < 1.29 is 27.9 Å². The molecule has 0 amide bonds. The summed E-state index contributed by atoms with van der Waals surface area (Å²) in [5.41, 5.74) is -1.80. The van der Waals surface area contributed by atoms with Gasteiger partial charge in [0.15, 0.2) is 0 Å². The molecule has 110 valence electrons. The van der Waals surface area contributed by atoms with Crippen LogP contribution in [0.5, 0.6) is 0 Å². The molecule has 4 rings (SSSR count). The van der Waals surface area contributed by atoms with Crippen molar-refractivity contribution in [1.29, 1.82) is 0 Å². The van der Waals surface area contributed by atoms with Crippen molar-refractivity contribution in [3.05, 3.63) is 78.6 Å². The molecule has 2 N–H and O–H groups in total. The van der Waals surface area contributed by atoms with Crippen molar-refractivity contribution in [2.45, 2.75) is 0 Å². The highest BCUT2D eigenvalue weighted by atomic mass is 16.4. The van der Waals surface area contributed by atoms with Crippen molar-refractivity contribution in [3.63, 3.8) is 0 Å². The topological polar surface area (TPSA) is 40.5 Å². The predicted molar refractivity (Wildman–Crippen MR) is 96.7 cm³/mol. The maximum absolute atomic E-state index is 9.57. The van der Waals surface area contributed by atoms with Crippen LogP contribution in [0.1, 0.15) is 17.8 Å². The molecule has 0 fully saturated rings. The lowest BCUT2D eigenvalue weighted by Gasteiger charge is -2.07. The van der Waals surface area contributed by atoms with E-state index in [1.807, 2.05) is 0 Å². The number of hydrogen-bond donors (Lipinski definition) is 2. The largest absolute Gasteiger partial charge is 0.488 e. The smallest absolute Gasteiger partial charge is 0.423 e. The molecule has 0 saturated heterocycles. The molecule has 0 radical (unpaired) electrons. The minimum atomic E-state index is -2.33. The van der Waals surface area contributed by atoms with Gasteiger partial charge in [-0.15, -0.1) is 0 Å². The van der Waals surface area contributed by atoms with E-state index in [1.54, 1.807) is 0 Å². The van der Waals surface area contributed by atoms with Crippen LogP contribution in [0.2, 0.25) is 0 Å². The highest BCUT2D eigenvalue weighted by molar-refractivity contribution is 6.58. The molecule has 0 unspecified atom stereocenters. The minimum Gasteiger partial charge on any atom is -0.423 e. The van der Waals surface area contributed by atoms with Gasteiger partial charge in [0, 0.05) is 0 Å². The highest BCUT2D eigenvalue weighted by Crippen LogP contribution is 2.27. The lowest BCUT2D eigenvalue weighted by Crippen LogP contribution is -2.29. The molecule has 0 aliphatic carbocycles. The van der Waals surface area contributed by atoms with Gasteiger partial charge in [-0.05, 0) is 50.2 Å². The molecule has 3 heteroatoms. The van der Waals surface area contributed by atoms with E-state index in [0.717, 1.165) is 0 Å². The molecule has 0 heterocycles. The Labute approximate surface area is 153 Å². The third-order valence-electron chi connectivity index (χ3n) is 3.15. The summed E-state index contributed by atoms with van der Waals surface area (Å²) in [4.78, 5) is 0. The molecule has 4 aromatic carbocycles. The monoisotopic (exact) mass is 311 g/mol. The fourth-order valence-electron chi connectivity index (χ4n) is 2.05. The first kappa shape index (κ1) is 5.79. The second-order valence-electron chi connectivity index (χ2n) is 4.66. The van der Waals surface area contributed by atoms with E-state index in [4.69, 9.17) is 17.8 Å². The minimum absolute atomic E-state index is 0.394. The summed E-state index contributed by atoms with van der Waals surface area (Å²) < 4.78 is 108. The van der Waals surface area contributed by atoms with Gasteiger partial charge in [0.2, 0.25) is 0 Å². The van der Waals surface area contributed by atoms with E-state index in [1.165, 1.54) is 0 Å². The van der Waals surface area contributed by atoms with E-state index in [0.29, 0.717) is 0 Å². The second-order valence-corrected chi connectivity index (χ2v) is 4.66. The van der Waals surface area contributed by atoms with Gasteiger partial charge in [-0.25, -0.2) is 0 Å². The van der Waals surface area contributed by atoms with E-state index < -0.39 is 124 Å². The molecule has 0 aliphatic rings. The summed E-state index contributed by atoms with van der Waals surface area (Å²) in [7, 11) is -2.33. The fourth-order valence-corrected chi connectivity index (χ4v) is 2.05. The quantitative estimate of drug-likeness (QED) is 0.557. The van der Waals surface area contributed by atoms with E-state index >= 15 is 0 Å². The van der Waals surface area contributed by atoms with Crippen molar-refractivity contribution in [2.75, 3.05) is 0 Å². The maximum atomic E-state index is 9.57. The molecule has 23 heavy (non-hydrogen) atoms. The first-order valence-corrected chi connectivity index (χ1v) is 6.56. The lowest BCUT2D eigenvalue weighted by molar-refractivity contribution is 0.426. The highest BCUT2D eigenvalue weighted by Gasteiger charge is 2.11. The molecule has 0 spiro atoms. The van der Waals surface area contributed by atoms with Gasteiger partial charge >= 0.3 is 7.12 Å². The maximum Gasteiger partial charge on any atom is 0.488 e. The van der Waals surface area contributed by atoms with Gasteiger partial charge in [-0.2, -0.15) is 0 Å². The normalized spacial score (nSPS) is 19.0. The van der Waals surface area contributed by atoms with E-state index in [2.05, 4.69) is 0 Å². The Morgan fingerprint density at radius 3 is 1.83 bits per heavy atom. The summed E-state index contributed by atoms with van der Waals surface area (Å²) in [6.07, 6.45) is 0. The van der Waals surface area contributed by atoms with Crippen LogP contribution in [0.15, 0.2) is 78.6 Å². The Hall–Kier alpha value is -2.62. The zero-order valence-electron chi connectivity index (χ0n) is 24.5. The Balaban J connectivity index is 2.30. The van der Waals surface area contributed by atoms with E-state index in [9.17, 15) is 10.0 Å².